The molecule has 2 aromatic rings. The summed E-state index contributed by atoms with van der Waals surface area (Å²) in [6.07, 6.45) is 15.5. The molecule has 2 rings (SSSR count). The maximum absolute atomic E-state index is 10.3. The Morgan fingerprint density at radius 3 is 1.72 bits per heavy atom. The number of benzene rings is 1. The molecule has 0 spiro atoms. The van der Waals surface area contributed by atoms with E-state index in [1.807, 2.05) is 12.1 Å². The molecule has 0 bridgehead atoms. The third-order valence-corrected chi connectivity index (χ3v) is 7.98. The molecule has 0 aliphatic heterocycles. The molecule has 0 aliphatic carbocycles. The normalized spacial score (nSPS) is 11.7. The van der Waals surface area contributed by atoms with Crippen molar-refractivity contribution in [3.05, 3.63) is 23.8 Å². The maximum atomic E-state index is 10.3. The van der Waals surface area contributed by atoms with Crippen molar-refractivity contribution in [3.63, 3.8) is 0 Å². The fourth-order valence-corrected chi connectivity index (χ4v) is 5.68. The number of hydrogen-bond acceptors (Lipinski definition) is 7. The van der Waals surface area contributed by atoms with Crippen molar-refractivity contribution >= 4 is 35.2 Å². The molecule has 0 fully saturated rings. The van der Waals surface area contributed by atoms with Crippen LogP contribution in [0.3, 0.4) is 0 Å². The van der Waals surface area contributed by atoms with Gasteiger partial charge in [0.05, 0.1) is 0 Å². The van der Waals surface area contributed by atoms with E-state index in [1.54, 1.807) is 29.6 Å². The summed E-state index contributed by atoms with van der Waals surface area (Å²) in [6.45, 7) is 10.8. The van der Waals surface area contributed by atoms with Gasteiger partial charge in [-0.1, -0.05) is 122 Å². The third kappa shape index (κ3) is 12.2. The molecule has 0 unspecified atom stereocenters. The molecule has 36 heavy (non-hydrogen) atoms. The summed E-state index contributed by atoms with van der Waals surface area (Å²) in [4.78, 5) is 14.2. The molecule has 7 heteroatoms. The second kappa shape index (κ2) is 17.1. The highest BCUT2D eigenvalue weighted by molar-refractivity contribution is 7.99. The van der Waals surface area contributed by atoms with Crippen LogP contribution in [0.2, 0.25) is 0 Å². The minimum atomic E-state index is -0.156. The van der Waals surface area contributed by atoms with Crippen LogP contribution in [0.15, 0.2) is 28.5 Å². The number of phenolic OH excluding ortho intramolecular Hbond substituents is 1. The minimum Gasteiger partial charge on any atom is -0.508 e. The van der Waals surface area contributed by atoms with E-state index < -0.39 is 0 Å². The zero-order valence-electron chi connectivity index (χ0n) is 23.2. The molecule has 0 atom stereocenters. The Morgan fingerprint density at radius 1 is 0.722 bits per heavy atom. The van der Waals surface area contributed by atoms with E-state index >= 15 is 0 Å². The Bertz CT molecular complexity index is 850. The summed E-state index contributed by atoms with van der Waals surface area (Å²) in [5, 5.41) is 15.3. The SMILES string of the molecule is CCCCCCCCSc1nc(Nc2ccc(O)c(C(C)(C)C)c2)nc(SCCCCCCCC)n1. The Hall–Kier alpha value is -1.47. The molecular weight excluding hydrogens is 484 g/mol. The number of aromatic hydroxyl groups is 1. The fraction of sp³-hybridized carbons (Fsp3) is 0.690. The molecule has 1 aromatic heterocycles. The van der Waals surface area contributed by atoms with Crippen LogP contribution in [-0.2, 0) is 5.41 Å². The number of nitrogens with zero attached hydrogens (tertiary/aromatic N) is 3. The van der Waals surface area contributed by atoms with Gasteiger partial charge in [0.15, 0.2) is 10.3 Å². The van der Waals surface area contributed by atoms with Gasteiger partial charge in [-0.2, -0.15) is 15.0 Å². The first-order chi connectivity index (χ1) is 17.3. The zero-order valence-corrected chi connectivity index (χ0v) is 24.9. The van der Waals surface area contributed by atoms with Gasteiger partial charge in [0, 0.05) is 22.8 Å². The van der Waals surface area contributed by atoms with Crippen molar-refractivity contribution in [3.8, 4) is 5.75 Å². The van der Waals surface area contributed by atoms with E-state index in [4.69, 9.17) is 15.0 Å². The quantitative estimate of drug-likeness (QED) is 0.112. The highest BCUT2D eigenvalue weighted by Crippen LogP contribution is 2.33. The van der Waals surface area contributed by atoms with Crippen LogP contribution in [-0.4, -0.2) is 31.6 Å². The second-order valence-electron chi connectivity index (χ2n) is 10.6. The summed E-state index contributed by atoms with van der Waals surface area (Å²) in [7, 11) is 0. The molecule has 0 aliphatic rings. The number of rotatable bonds is 18. The average Bonchev–Trinajstić information content (AvgIpc) is 2.83. The first-order valence-corrected chi connectivity index (χ1v) is 15.9. The monoisotopic (exact) mass is 532 g/mol. The van der Waals surface area contributed by atoms with Crippen molar-refractivity contribution in [1.29, 1.82) is 0 Å². The first kappa shape index (κ1) is 30.8. The van der Waals surface area contributed by atoms with Gasteiger partial charge < -0.3 is 10.4 Å². The van der Waals surface area contributed by atoms with Crippen molar-refractivity contribution < 1.29 is 5.11 Å². The smallest absolute Gasteiger partial charge is 0.232 e. The lowest BCUT2D eigenvalue weighted by Crippen LogP contribution is -2.12. The van der Waals surface area contributed by atoms with Gasteiger partial charge in [0.2, 0.25) is 5.95 Å². The van der Waals surface area contributed by atoms with Gasteiger partial charge in [-0.3, -0.25) is 0 Å². The topological polar surface area (TPSA) is 70.9 Å². The summed E-state index contributed by atoms with van der Waals surface area (Å²) in [6, 6.07) is 5.61. The Morgan fingerprint density at radius 2 is 1.22 bits per heavy atom. The second-order valence-corrected chi connectivity index (χ2v) is 12.7. The lowest BCUT2D eigenvalue weighted by Gasteiger charge is -2.21. The fourth-order valence-electron chi connectivity index (χ4n) is 3.96. The predicted molar refractivity (Wildman–Crippen MR) is 158 cm³/mol. The zero-order chi connectivity index (χ0) is 26.2. The van der Waals surface area contributed by atoms with Crippen LogP contribution >= 0.6 is 23.5 Å². The number of unbranched alkanes of at least 4 members (excludes halogenated alkanes) is 10. The van der Waals surface area contributed by atoms with Gasteiger partial charge in [0.25, 0.3) is 0 Å². The van der Waals surface area contributed by atoms with Gasteiger partial charge in [0.1, 0.15) is 5.75 Å². The highest BCUT2D eigenvalue weighted by Gasteiger charge is 2.19. The van der Waals surface area contributed by atoms with Crippen molar-refractivity contribution in [2.75, 3.05) is 16.8 Å². The number of thioether (sulfide) groups is 2. The lowest BCUT2D eigenvalue weighted by atomic mass is 9.86. The third-order valence-electron chi connectivity index (χ3n) is 6.11. The largest absolute Gasteiger partial charge is 0.508 e. The van der Waals surface area contributed by atoms with Crippen LogP contribution in [0, 0.1) is 0 Å². The Labute approximate surface area is 228 Å². The Kier molecular flexibility index (Phi) is 14.6. The molecule has 0 amide bonds. The lowest BCUT2D eigenvalue weighted by molar-refractivity contribution is 0.447. The van der Waals surface area contributed by atoms with Crippen molar-refractivity contribution in [1.82, 2.24) is 15.0 Å². The maximum Gasteiger partial charge on any atom is 0.232 e. The molecule has 1 heterocycles. The van der Waals surface area contributed by atoms with Gasteiger partial charge in [-0.15, -0.1) is 0 Å². The average molecular weight is 533 g/mol. The van der Waals surface area contributed by atoms with Crippen LogP contribution in [0.4, 0.5) is 11.6 Å². The molecule has 5 nitrogen and oxygen atoms in total. The van der Waals surface area contributed by atoms with Gasteiger partial charge in [-0.05, 0) is 36.5 Å². The number of aromatic nitrogens is 3. The minimum absolute atomic E-state index is 0.156. The number of anilines is 2. The number of phenols is 1. The van der Waals surface area contributed by atoms with Crippen molar-refractivity contribution in [2.24, 2.45) is 0 Å². The predicted octanol–water partition coefficient (Wildman–Crippen LogP) is 9.52. The molecule has 0 radical (unpaired) electrons. The Balaban J connectivity index is 2.04. The first-order valence-electron chi connectivity index (χ1n) is 14.0. The van der Waals surface area contributed by atoms with E-state index in [2.05, 4.69) is 39.9 Å². The number of hydrogen-bond donors (Lipinski definition) is 2. The molecule has 202 valence electrons. The van der Waals surface area contributed by atoms with E-state index in [9.17, 15) is 5.11 Å². The van der Waals surface area contributed by atoms with Crippen LogP contribution in [0.25, 0.3) is 0 Å². The van der Waals surface area contributed by atoms with Gasteiger partial charge in [-0.25, -0.2) is 0 Å². The number of nitrogens with one attached hydrogen (secondary N) is 1. The highest BCUT2D eigenvalue weighted by atomic mass is 32.2. The van der Waals surface area contributed by atoms with Crippen LogP contribution in [0.5, 0.6) is 5.75 Å². The van der Waals surface area contributed by atoms with E-state index in [1.165, 1.54) is 77.0 Å². The molecule has 0 saturated carbocycles. The standard InChI is InChI=1S/C29H48N4OS2/c1-6-8-10-12-14-16-20-35-27-31-26(30-23-18-19-25(34)24(22-23)29(3,4)5)32-28(33-27)36-21-17-15-13-11-9-7-2/h18-19,22,34H,6-17,20-21H2,1-5H3,(H,30,31,32,33). The van der Waals surface area contributed by atoms with Crippen LogP contribution < -0.4 is 5.32 Å². The summed E-state index contributed by atoms with van der Waals surface area (Å²) in [5.74, 6) is 2.95. The summed E-state index contributed by atoms with van der Waals surface area (Å²) in [5.41, 5.74) is 1.62. The van der Waals surface area contributed by atoms with Crippen LogP contribution in [0.1, 0.15) is 117 Å². The molecule has 2 N–H and O–H groups in total. The van der Waals surface area contributed by atoms with E-state index in [0.29, 0.717) is 11.7 Å². The van der Waals surface area contributed by atoms with Gasteiger partial charge >= 0.3 is 0 Å². The van der Waals surface area contributed by atoms with Crippen molar-refractivity contribution in [2.45, 2.75) is 127 Å². The molecule has 0 saturated heterocycles. The summed E-state index contributed by atoms with van der Waals surface area (Å²) < 4.78 is 0. The summed E-state index contributed by atoms with van der Waals surface area (Å²) >= 11 is 3.46. The molecular formula is C29H48N4OS2. The molecule has 1 aromatic carbocycles. The van der Waals surface area contributed by atoms with E-state index in [0.717, 1.165) is 33.1 Å². The van der Waals surface area contributed by atoms with E-state index in [-0.39, 0.29) is 5.41 Å².